The van der Waals surface area contributed by atoms with E-state index in [2.05, 4.69) is 4.74 Å². The molecule has 1 heterocycles. The standard InChI is InChI=1S/C9H15NO3/c1-9(2,3)7-10(5-6-13-7)8(11)12-4/h5-7H,1-4H3/t7-/m1/s1. The Balaban J connectivity index is 2.74. The Morgan fingerprint density at radius 1 is 1.54 bits per heavy atom. The van der Waals surface area contributed by atoms with E-state index >= 15 is 0 Å². The maximum Gasteiger partial charge on any atom is 0.416 e. The minimum absolute atomic E-state index is 0.127. The molecule has 0 aromatic heterocycles. The van der Waals surface area contributed by atoms with E-state index in [-0.39, 0.29) is 11.6 Å². The van der Waals surface area contributed by atoms with Gasteiger partial charge in [-0.05, 0) is 0 Å². The zero-order valence-electron chi connectivity index (χ0n) is 8.40. The molecule has 74 valence electrons. The molecule has 0 fully saturated rings. The van der Waals surface area contributed by atoms with Crippen LogP contribution in [0.5, 0.6) is 0 Å². The van der Waals surface area contributed by atoms with Crippen molar-refractivity contribution in [1.29, 1.82) is 0 Å². The highest BCUT2D eigenvalue weighted by atomic mass is 16.6. The molecule has 4 nitrogen and oxygen atoms in total. The number of hydrogen-bond acceptors (Lipinski definition) is 3. The summed E-state index contributed by atoms with van der Waals surface area (Å²) >= 11 is 0. The van der Waals surface area contributed by atoms with E-state index in [1.54, 1.807) is 6.20 Å². The van der Waals surface area contributed by atoms with Gasteiger partial charge in [-0.3, -0.25) is 0 Å². The van der Waals surface area contributed by atoms with Crippen LogP contribution in [-0.2, 0) is 9.47 Å². The summed E-state index contributed by atoms with van der Waals surface area (Å²) in [6.07, 6.45) is 2.42. The smallest absolute Gasteiger partial charge is 0.416 e. The third kappa shape index (κ3) is 1.94. The first-order chi connectivity index (χ1) is 5.96. The predicted octanol–water partition coefficient (Wildman–Crippen LogP) is 1.93. The van der Waals surface area contributed by atoms with Crippen molar-refractivity contribution in [1.82, 2.24) is 4.90 Å². The van der Waals surface area contributed by atoms with Crippen LogP contribution in [0.3, 0.4) is 0 Å². The van der Waals surface area contributed by atoms with Gasteiger partial charge >= 0.3 is 6.09 Å². The third-order valence-electron chi connectivity index (χ3n) is 1.81. The molecule has 0 radical (unpaired) electrons. The number of nitrogens with zero attached hydrogens (tertiary/aromatic N) is 1. The summed E-state index contributed by atoms with van der Waals surface area (Å²) in [4.78, 5) is 12.7. The van der Waals surface area contributed by atoms with E-state index < -0.39 is 6.09 Å². The van der Waals surface area contributed by atoms with Crippen molar-refractivity contribution in [2.45, 2.75) is 27.0 Å². The van der Waals surface area contributed by atoms with E-state index in [9.17, 15) is 4.79 Å². The molecule has 0 saturated carbocycles. The van der Waals surface area contributed by atoms with E-state index in [4.69, 9.17) is 4.74 Å². The van der Waals surface area contributed by atoms with Gasteiger partial charge in [0.15, 0.2) is 6.23 Å². The second-order valence-electron chi connectivity index (χ2n) is 4.02. The number of rotatable bonds is 0. The second kappa shape index (κ2) is 3.28. The van der Waals surface area contributed by atoms with Crippen LogP contribution in [0, 0.1) is 5.41 Å². The topological polar surface area (TPSA) is 38.8 Å². The molecule has 4 heteroatoms. The highest BCUT2D eigenvalue weighted by Crippen LogP contribution is 2.29. The molecular weight excluding hydrogens is 170 g/mol. The Labute approximate surface area is 78.1 Å². The lowest BCUT2D eigenvalue weighted by Crippen LogP contribution is -2.42. The lowest BCUT2D eigenvalue weighted by atomic mass is 9.94. The lowest BCUT2D eigenvalue weighted by Gasteiger charge is -2.31. The lowest BCUT2D eigenvalue weighted by molar-refractivity contribution is -0.0231. The monoisotopic (exact) mass is 185 g/mol. The fourth-order valence-corrected chi connectivity index (χ4v) is 1.20. The first-order valence-electron chi connectivity index (χ1n) is 4.15. The summed E-state index contributed by atoms with van der Waals surface area (Å²) in [5.41, 5.74) is -0.127. The number of carbonyl (C=O) groups excluding carboxylic acids is 1. The quantitative estimate of drug-likeness (QED) is 0.578. The van der Waals surface area contributed by atoms with Gasteiger partial charge in [-0.2, -0.15) is 0 Å². The Kier molecular flexibility index (Phi) is 2.50. The van der Waals surface area contributed by atoms with Crippen LogP contribution in [0.15, 0.2) is 12.5 Å². The summed E-state index contributed by atoms with van der Waals surface area (Å²) in [5, 5.41) is 0. The van der Waals surface area contributed by atoms with Crippen LogP contribution in [0.1, 0.15) is 20.8 Å². The fraction of sp³-hybridized carbons (Fsp3) is 0.667. The van der Waals surface area contributed by atoms with Crippen LogP contribution < -0.4 is 0 Å². The molecule has 0 unspecified atom stereocenters. The third-order valence-corrected chi connectivity index (χ3v) is 1.81. The normalized spacial score (nSPS) is 21.5. The maximum absolute atomic E-state index is 11.2. The van der Waals surface area contributed by atoms with E-state index in [0.717, 1.165) is 0 Å². The van der Waals surface area contributed by atoms with Gasteiger partial charge < -0.3 is 9.47 Å². The van der Waals surface area contributed by atoms with Gasteiger partial charge in [0.2, 0.25) is 0 Å². The van der Waals surface area contributed by atoms with Gasteiger partial charge in [0.25, 0.3) is 0 Å². The van der Waals surface area contributed by atoms with Gasteiger partial charge in [0, 0.05) is 11.6 Å². The predicted molar refractivity (Wildman–Crippen MR) is 47.7 cm³/mol. The molecule has 0 N–H and O–H groups in total. The molecule has 1 atom stereocenters. The maximum atomic E-state index is 11.2. The average molecular weight is 185 g/mol. The number of methoxy groups -OCH3 is 1. The van der Waals surface area contributed by atoms with Crippen molar-refractivity contribution in [2.75, 3.05) is 7.11 Å². The van der Waals surface area contributed by atoms with Crippen molar-refractivity contribution in [3.8, 4) is 0 Å². The van der Waals surface area contributed by atoms with Gasteiger partial charge in [-0.25, -0.2) is 9.69 Å². The minimum Gasteiger partial charge on any atom is -0.475 e. The van der Waals surface area contributed by atoms with Crippen LogP contribution in [0.2, 0.25) is 0 Å². The Morgan fingerprint density at radius 3 is 2.62 bits per heavy atom. The summed E-state index contributed by atoms with van der Waals surface area (Å²) in [6.45, 7) is 6.00. The minimum atomic E-state index is -0.395. The number of hydrogen-bond donors (Lipinski definition) is 0. The molecule has 0 aliphatic carbocycles. The molecule has 1 aliphatic heterocycles. The summed E-state index contributed by atoms with van der Waals surface area (Å²) < 4.78 is 9.91. The van der Waals surface area contributed by atoms with Crippen LogP contribution in [0.25, 0.3) is 0 Å². The largest absolute Gasteiger partial charge is 0.475 e. The summed E-state index contributed by atoms with van der Waals surface area (Å²) in [5.74, 6) is 0. The van der Waals surface area contributed by atoms with Crippen LogP contribution in [0.4, 0.5) is 4.79 Å². The molecule has 0 aromatic rings. The van der Waals surface area contributed by atoms with Gasteiger partial charge in [0.05, 0.1) is 7.11 Å². The molecule has 1 amide bonds. The van der Waals surface area contributed by atoms with Crippen LogP contribution in [-0.4, -0.2) is 24.3 Å². The Morgan fingerprint density at radius 2 is 2.15 bits per heavy atom. The van der Waals surface area contributed by atoms with Gasteiger partial charge in [-0.1, -0.05) is 20.8 Å². The molecule has 0 aromatic carbocycles. The zero-order chi connectivity index (χ0) is 10.1. The Hall–Kier alpha value is -1.19. The molecular formula is C9H15NO3. The molecule has 1 aliphatic rings. The fourth-order valence-electron chi connectivity index (χ4n) is 1.20. The first-order valence-corrected chi connectivity index (χ1v) is 4.15. The van der Waals surface area contributed by atoms with Crippen molar-refractivity contribution in [2.24, 2.45) is 5.41 Å². The second-order valence-corrected chi connectivity index (χ2v) is 4.02. The molecule has 0 bridgehead atoms. The van der Waals surface area contributed by atoms with E-state index in [1.165, 1.54) is 18.3 Å². The number of carbonyl (C=O) groups is 1. The average Bonchev–Trinajstić information content (AvgIpc) is 2.49. The summed E-state index contributed by atoms with van der Waals surface area (Å²) in [6, 6.07) is 0. The highest BCUT2D eigenvalue weighted by molar-refractivity contribution is 5.69. The van der Waals surface area contributed by atoms with Crippen molar-refractivity contribution >= 4 is 6.09 Å². The van der Waals surface area contributed by atoms with E-state index in [1.807, 2.05) is 20.8 Å². The molecule has 1 rings (SSSR count). The Bertz CT molecular complexity index is 230. The number of amides is 1. The zero-order valence-corrected chi connectivity index (χ0v) is 8.40. The van der Waals surface area contributed by atoms with Gasteiger partial charge in [-0.15, -0.1) is 0 Å². The summed E-state index contributed by atoms with van der Waals surface area (Å²) in [7, 11) is 1.36. The van der Waals surface area contributed by atoms with E-state index in [0.29, 0.717) is 0 Å². The molecule has 13 heavy (non-hydrogen) atoms. The van der Waals surface area contributed by atoms with Crippen LogP contribution >= 0.6 is 0 Å². The van der Waals surface area contributed by atoms with Crippen molar-refractivity contribution < 1.29 is 14.3 Å². The van der Waals surface area contributed by atoms with Crippen molar-refractivity contribution in [3.05, 3.63) is 12.5 Å². The SMILES string of the molecule is COC(=O)N1C=CO[C@@H]1C(C)(C)C. The first kappa shape index (κ1) is 9.89. The molecule has 0 saturated heterocycles. The molecule has 0 spiro atoms. The highest BCUT2D eigenvalue weighted by Gasteiger charge is 2.36. The number of ether oxygens (including phenoxy) is 2. The van der Waals surface area contributed by atoms with Crippen molar-refractivity contribution in [3.63, 3.8) is 0 Å². The van der Waals surface area contributed by atoms with Gasteiger partial charge in [0.1, 0.15) is 6.26 Å².